The second kappa shape index (κ2) is 7.39. The Hall–Kier alpha value is 0.387. The van der Waals surface area contributed by atoms with Gasteiger partial charge in [-0.25, -0.2) is 0 Å². The van der Waals surface area contributed by atoms with Crippen molar-refractivity contribution in [3.05, 3.63) is 0 Å². The zero-order valence-electron chi connectivity index (χ0n) is 3.27. The van der Waals surface area contributed by atoms with Crippen LogP contribution in [0.1, 0.15) is 0 Å². The number of hydrazine groups is 1. The molecule has 6 N–H and O–H groups in total. The molecule has 0 amide bonds. The summed E-state index contributed by atoms with van der Waals surface area (Å²) in [6.45, 7) is 0. The maximum atomic E-state index is 8.74. The van der Waals surface area contributed by atoms with Crippen molar-refractivity contribution in [2.45, 2.75) is 0 Å². The van der Waals surface area contributed by atoms with Gasteiger partial charge in [0.05, 0.1) is 0 Å². The molecule has 0 rings (SSSR count). The van der Waals surface area contributed by atoms with Crippen LogP contribution in [0.3, 0.4) is 0 Å². The molecule has 6 nitrogen and oxygen atoms in total. The van der Waals surface area contributed by atoms with Crippen molar-refractivity contribution in [3.63, 3.8) is 0 Å². The number of nitrogens with two attached hydrogens (primary N) is 2. The monoisotopic (exact) mass is 138 g/mol. The van der Waals surface area contributed by atoms with E-state index in [1.54, 1.807) is 0 Å². The predicted molar refractivity (Wildman–Crippen MR) is 29.7 cm³/mol. The molecule has 0 unspecified atom stereocenters. The molecule has 0 bridgehead atoms. The van der Waals surface area contributed by atoms with E-state index in [0.29, 0.717) is 0 Å². The first kappa shape index (κ1) is 15.8. The van der Waals surface area contributed by atoms with E-state index in [4.69, 9.17) is 17.5 Å². The fourth-order valence-corrected chi connectivity index (χ4v) is 0. The standard InChI is InChI=1S/Li.H4N2.H2O4S.H/c;1-2;1-5(2,3)4;/h;1-2H2;(H2,1,2,3,4);. The Morgan fingerprint density at radius 2 is 1.12 bits per heavy atom. The Labute approximate surface area is 59.0 Å². The minimum atomic E-state index is -4.67. The van der Waals surface area contributed by atoms with Gasteiger partial charge in [0.1, 0.15) is 0 Å². The summed E-state index contributed by atoms with van der Waals surface area (Å²) in [7, 11) is -4.67. The Kier molecular flexibility index (Phi) is 14.6. The van der Waals surface area contributed by atoms with Crippen LogP contribution in [0.2, 0.25) is 0 Å². The summed E-state index contributed by atoms with van der Waals surface area (Å²) >= 11 is 0. The summed E-state index contributed by atoms with van der Waals surface area (Å²) in [5.74, 6) is 8.00. The second-order valence-electron chi connectivity index (χ2n) is 0.448. The summed E-state index contributed by atoms with van der Waals surface area (Å²) in [5.41, 5.74) is 0. The van der Waals surface area contributed by atoms with Gasteiger partial charge in [-0.05, 0) is 0 Å². The van der Waals surface area contributed by atoms with Crippen LogP contribution in [0.25, 0.3) is 0 Å². The Morgan fingerprint density at radius 3 is 1.12 bits per heavy atom. The van der Waals surface area contributed by atoms with Gasteiger partial charge in [-0.1, -0.05) is 0 Å². The molecular formula is H7LiN2O4S. The van der Waals surface area contributed by atoms with Gasteiger partial charge in [-0.2, -0.15) is 8.42 Å². The maximum absolute atomic E-state index is 8.74. The Bertz CT molecular complexity index is 97.2. The SMILES string of the molecule is NN.O=S(=O)(O)O.[LiH]. The molecule has 0 aliphatic rings. The molecule has 0 saturated carbocycles. The fourth-order valence-electron chi connectivity index (χ4n) is 0. The molecule has 0 aromatic carbocycles. The summed E-state index contributed by atoms with van der Waals surface area (Å²) < 4.78 is 31.6. The molecule has 8 heteroatoms. The van der Waals surface area contributed by atoms with E-state index in [2.05, 4.69) is 11.7 Å². The van der Waals surface area contributed by atoms with Gasteiger partial charge in [0.25, 0.3) is 0 Å². The van der Waals surface area contributed by atoms with E-state index in [0.717, 1.165) is 0 Å². The van der Waals surface area contributed by atoms with Gasteiger partial charge < -0.3 is 0 Å². The van der Waals surface area contributed by atoms with Gasteiger partial charge in [-0.15, -0.1) is 0 Å². The third kappa shape index (κ3) is 1240. The summed E-state index contributed by atoms with van der Waals surface area (Å²) in [5, 5.41) is 0. The van der Waals surface area contributed by atoms with Crippen LogP contribution in [0.15, 0.2) is 0 Å². The van der Waals surface area contributed by atoms with Crippen molar-refractivity contribution in [1.82, 2.24) is 0 Å². The van der Waals surface area contributed by atoms with E-state index in [9.17, 15) is 0 Å². The van der Waals surface area contributed by atoms with E-state index < -0.39 is 10.4 Å². The van der Waals surface area contributed by atoms with Crippen molar-refractivity contribution in [2.75, 3.05) is 0 Å². The molecular weight excluding hydrogens is 131 g/mol. The first-order valence-corrected chi connectivity index (χ1v) is 2.43. The molecule has 0 atom stereocenters. The molecule has 0 aromatic heterocycles. The summed E-state index contributed by atoms with van der Waals surface area (Å²) in [6, 6.07) is 0. The van der Waals surface area contributed by atoms with Gasteiger partial charge in [0.2, 0.25) is 0 Å². The van der Waals surface area contributed by atoms with E-state index in [-0.39, 0.29) is 18.9 Å². The molecule has 0 heterocycles. The quantitative estimate of drug-likeness (QED) is 0.127. The molecule has 0 fully saturated rings. The molecule has 0 aliphatic carbocycles. The van der Waals surface area contributed by atoms with Crippen LogP contribution < -0.4 is 11.7 Å². The predicted octanol–water partition coefficient (Wildman–Crippen LogP) is -2.48. The molecule has 0 aliphatic heterocycles. The number of rotatable bonds is 0. The first-order chi connectivity index (χ1) is 3.00. The van der Waals surface area contributed by atoms with E-state index in [1.807, 2.05) is 0 Å². The van der Waals surface area contributed by atoms with Crippen molar-refractivity contribution >= 4 is 29.3 Å². The average molecular weight is 138 g/mol. The zero-order chi connectivity index (χ0) is 6.50. The topological polar surface area (TPSA) is 127 Å². The summed E-state index contributed by atoms with van der Waals surface area (Å²) in [4.78, 5) is 0. The second-order valence-corrected chi connectivity index (χ2v) is 1.34. The van der Waals surface area contributed by atoms with Crippen molar-refractivity contribution < 1.29 is 17.5 Å². The van der Waals surface area contributed by atoms with Crippen LogP contribution in [-0.4, -0.2) is 36.4 Å². The van der Waals surface area contributed by atoms with E-state index >= 15 is 0 Å². The third-order valence-electron chi connectivity index (χ3n) is 0. The van der Waals surface area contributed by atoms with Gasteiger partial charge in [0.15, 0.2) is 0 Å². The summed E-state index contributed by atoms with van der Waals surface area (Å²) in [6.07, 6.45) is 0. The minimum absolute atomic E-state index is 0. The Morgan fingerprint density at radius 1 is 1.12 bits per heavy atom. The normalized spacial score (nSPS) is 8.00. The molecule has 0 aromatic rings. The molecule has 48 valence electrons. The van der Waals surface area contributed by atoms with Gasteiger partial charge in [-0.3, -0.25) is 20.8 Å². The fraction of sp³-hybridized carbons (Fsp3) is 0. The molecule has 0 spiro atoms. The van der Waals surface area contributed by atoms with Crippen molar-refractivity contribution in [2.24, 2.45) is 11.7 Å². The zero-order valence-corrected chi connectivity index (χ0v) is 4.09. The average Bonchev–Trinajstić information content (AvgIpc) is 1.36. The number of hydrogen-bond donors (Lipinski definition) is 4. The third-order valence-corrected chi connectivity index (χ3v) is 0. The molecule has 0 radical (unpaired) electrons. The van der Waals surface area contributed by atoms with Crippen LogP contribution in [0, 0.1) is 0 Å². The van der Waals surface area contributed by atoms with Crippen LogP contribution in [0.4, 0.5) is 0 Å². The van der Waals surface area contributed by atoms with Gasteiger partial charge >= 0.3 is 29.3 Å². The van der Waals surface area contributed by atoms with Crippen molar-refractivity contribution in [1.29, 1.82) is 0 Å². The van der Waals surface area contributed by atoms with Crippen LogP contribution in [-0.2, 0) is 10.4 Å². The Balaban J connectivity index is -0.0000000750. The van der Waals surface area contributed by atoms with Crippen molar-refractivity contribution in [3.8, 4) is 0 Å². The first-order valence-electron chi connectivity index (χ1n) is 1.03. The van der Waals surface area contributed by atoms with E-state index in [1.165, 1.54) is 0 Å². The molecule has 8 heavy (non-hydrogen) atoms. The van der Waals surface area contributed by atoms with Crippen LogP contribution >= 0.6 is 0 Å². The van der Waals surface area contributed by atoms with Crippen LogP contribution in [0.5, 0.6) is 0 Å². The molecule has 0 saturated heterocycles. The number of hydrogen-bond acceptors (Lipinski definition) is 4. The van der Waals surface area contributed by atoms with Gasteiger partial charge in [0, 0.05) is 0 Å².